The van der Waals surface area contributed by atoms with Crippen molar-refractivity contribution in [1.82, 2.24) is 15.5 Å². The molecule has 0 saturated heterocycles. The van der Waals surface area contributed by atoms with E-state index in [4.69, 9.17) is 11.6 Å². The van der Waals surface area contributed by atoms with Crippen LogP contribution in [0.4, 0.5) is 5.82 Å². The molecule has 0 aliphatic rings. The van der Waals surface area contributed by atoms with Gasteiger partial charge in [0.1, 0.15) is 5.82 Å². The van der Waals surface area contributed by atoms with E-state index < -0.39 is 0 Å². The highest BCUT2D eigenvalue weighted by molar-refractivity contribution is 6.30. The first-order chi connectivity index (χ1) is 10.7. The Balaban J connectivity index is 1.81. The molecule has 0 saturated carbocycles. The number of anilines is 1. The Labute approximate surface area is 135 Å². The summed E-state index contributed by atoms with van der Waals surface area (Å²) in [5.74, 6) is 0.453. The molecule has 0 spiro atoms. The summed E-state index contributed by atoms with van der Waals surface area (Å²) < 4.78 is 0. The molecule has 0 bridgehead atoms. The molecule has 1 aromatic heterocycles. The first-order valence-electron chi connectivity index (χ1n) is 7.29. The van der Waals surface area contributed by atoms with Gasteiger partial charge in [0, 0.05) is 18.1 Å². The van der Waals surface area contributed by atoms with Gasteiger partial charge in [0.05, 0.1) is 0 Å². The van der Waals surface area contributed by atoms with Gasteiger partial charge in [0.25, 0.3) is 5.91 Å². The van der Waals surface area contributed by atoms with Crippen molar-refractivity contribution in [3.8, 4) is 0 Å². The fourth-order valence-electron chi connectivity index (χ4n) is 1.90. The van der Waals surface area contributed by atoms with Crippen LogP contribution in [-0.4, -0.2) is 29.2 Å². The van der Waals surface area contributed by atoms with Crippen LogP contribution >= 0.6 is 11.6 Å². The SMILES string of the molecule is CCCNc1ccc(C(=O)NCCc2cccc(Cl)c2)nn1. The number of nitrogens with zero attached hydrogens (tertiary/aromatic N) is 2. The zero-order valence-electron chi connectivity index (χ0n) is 12.5. The van der Waals surface area contributed by atoms with Crippen LogP contribution < -0.4 is 10.6 Å². The molecule has 5 nitrogen and oxygen atoms in total. The maximum absolute atomic E-state index is 12.0. The summed E-state index contributed by atoms with van der Waals surface area (Å²) in [6.45, 7) is 3.43. The number of benzene rings is 1. The van der Waals surface area contributed by atoms with Crippen molar-refractivity contribution in [1.29, 1.82) is 0 Å². The van der Waals surface area contributed by atoms with E-state index in [0.29, 0.717) is 23.1 Å². The molecule has 0 aliphatic heterocycles. The lowest BCUT2D eigenvalue weighted by Crippen LogP contribution is -2.26. The summed E-state index contributed by atoms with van der Waals surface area (Å²) in [5.41, 5.74) is 1.39. The number of aromatic nitrogens is 2. The molecule has 116 valence electrons. The number of carbonyl (C=O) groups excluding carboxylic acids is 1. The molecule has 1 aromatic carbocycles. The van der Waals surface area contributed by atoms with Crippen LogP contribution in [0.15, 0.2) is 36.4 Å². The predicted octanol–water partition coefficient (Wildman–Crippen LogP) is 2.92. The van der Waals surface area contributed by atoms with E-state index in [2.05, 4.69) is 27.8 Å². The van der Waals surface area contributed by atoms with E-state index in [0.717, 1.165) is 24.9 Å². The van der Waals surface area contributed by atoms with Gasteiger partial charge < -0.3 is 10.6 Å². The lowest BCUT2D eigenvalue weighted by atomic mass is 10.1. The number of halogens is 1. The van der Waals surface area contributed by atoms with Crippen LogP contribution in [0.5, 0.6) is 0 Å². The van der Waals surface area contributed by atoms with Gasteiger partial charge in [0.2, 0.25) is 0 Å². The fourth-order valence-corrected chi connectivity index (χ4v) is 2.12. The summed E-state index contributed by atoms with van der Waals surface area (Å²) in [7, 11) is 0. The molecule has 0 atom stereocenters. The Morgan fingerprint density at radius 1 is 1.18 bits per heavy atom. The summed E-state index contributed by atoms with van der Waals surface area (Å²) in [6.07, 6.45) is 1.73. The van der Waals surface area contributed by atoms with Crippen molar-refractivity contribution in [2.24, 2.45) is 0 Å². The minimum atomic E-state index is -0.225. The molecular weight excluding hydrogens is 300 g/mol. The number of nitrogens with one attached hydrogen (secondary N) is 2. The van der Waals surface area contributed by atoms with E-state index in [1.807, 2.05) is 24.3 Å². The molecule has 0 unspecified atom stereocenters. The third kappa shape index (κ3) is 5.00. The predicted molar refractivity (Wildman–Crippen MR) is 88.3 cm³/mol. The largest absolute Gasteiger partial charge is 0.369 e. The second kappa shape index (κ2) is 8.34. The molecule has 0 fully saturated rings. The topological polar surface area (TPSA) is 66.9 Å². The second-order valence-electron chi connectivity index (χ2n) is 4.87. The molecule has 0 radical (unpaired) electrons. The summed E-state index contributed by atoms with van der Waals surface area (Å²) in [6, 6.07) is 11.0. The normalized spacial score (nSPS) is 10.3. The lowest BCUT2D eigenvalue weighted by molar-refractivity contribution is 0.0948. The molecule has 2 N–H and O–H groups in total. The highest BCUT2D eigenvalue weighted by atomic mass is 35.5. The van der Waals surface area contributed by atoms with E-state index >= 15 is 0 Å². The third-order valence-corrected chi connectivity index (χ3v) is 3.28. The average molecular weight is 319 g/mol. The average Bonchev–Trinajstić information content (AvgIpc) is 2.53. The van der Waals surface area contributed by atoms with Crippen molar-refractivity contribution >= 4 is 23.3 Å². The molecular formula is C16H19ClN4O. The molecule has 22 heavy (non-hydrogen) atoms. The molecule has 6 heteroatoms. The Morgan fingerprint density at radius 2 is 2.05 bits per heavy atom. The summed E-state index contributed by atoms with van der Waals surface area (Å²) in [5, 5.41) is 14.5. The van der Waals surface area contributed by atoms with Gasteiger partial charge in [-0.3, -0.25) is 4.79 Å². The van der Waals surface area contributed by atoms with Crippen LogP contribution in [0.25, 0.3) is 0 Å². The fraction of sp³-hybridized carbons (Fsp3) is 0.312. The Morgan fingerprint density at radius 3 is 2.73 bits per heavy atom. The van der Waals surface area contributed by atoms with Gasteiger partial charge in [-0.25, -0.2) is 0 Å². The van der Waals surface area contributed by atoms with Crippen molar-refractivity contribution in [2.75, 3.05) is 18.4 Å². The van der Waals surface area contributed by atoms with Crippen LogP contribution in [0.3, 0.4) is 0 Å². The zero-order chi connectivity index (χ0) is 15.8. The third-order valence-electron chi connectivity index (χ3n) is 3.04. The van der Waals surface area contributed by atoms with Crippen LogP contribution in [0.1, 0.15) is 29.4 Å². The number of rotatable bonds is 7. The van der Waals surface area contributed by atoms with Gasteiger partial charge in [-0.1, -0.05) is 30.7 Å². The quantitative estimate of drug-likeness (QED) is 0.823. The Hall–Kier alpha value is -2.14. The minimum Gasteiger partial charge on any atom is -0.369 e. The second-order valence-corrected chi connectivity index (χ2v) is 5.30. The molecule has 0 aliphatic carbocycles. The van der Waals surface area contributed by atoms with Crippen LogP contribution in [-0.2, 0) is 6.42 Å². The van der Waals surface area contributed by atoms with Crippen molar-refractivity contribution in [2.45, 2.75) is 19.8 Å². The number of amides is 1. The maximum atomic E-state index is 12.0. The zero-order valence-corrected chi connectivity index (χ0v) is 13.2. The van der Waals surface area contributed by atoms with E-state index in [1.165, 1.54) is 0 Å². The molecule has 2 aromatic rings. The maximum Gasteiger partial charge on any atom is 0.271 e. The summed E-state index contributed by atoms with van der Waals surface area (Å²) >= 11 is 5.92. The first kappa shape index (κ1) is 16.2. The first-order valence-corrected chi connectivity index (χ1v) is 7.67. The van der Waals surface area contributed by atoms with Crippen molar-refractivity contribution < 1.29 is 4.79 Å². The Bertz CT molecular complexity index is 616. The smallest absolute Gasteiger partial charge is 0.271 e. The molecule has 2 rings (SSSR count). The van der Waals surface area contributed by atoms with Gasteiger partial charge in [-0.15, -0.1) is 10.2 Å². The lowest BCUT2D eigenvalue weighted by Gasteiger charge is -2.06. The van der Waals surface area contributed by atoms with Crippen LogP contribution in [0, 0.1) is 0 Å². The minimum absolute atomic E-state index is 0.225. The summed E-state index contributed by atoms with van der Waals surface area (Å²) in [4.78, 5) is 12.0. The van der Waals surface area contributed by atoms with Crippen molar-refractivity contribution in [3.05, 3.63) is 52.7 Å². The number of hydrogen-bond donors (Lipinski definition) is 2. The van der Waals surface area contributed by atoms with E-state index in [1.54, 1.807) is 12.1 Å². The van der Waals surface area contributed by atoms with Gasteiger partial charge in [0.15, 0.2) is 5.69 Å². The number of carbonyl (C=O) groups is 1. The monoisotopic (exact) mass is 318 g/mol. The standard InChI is InChI=1S/C16H19ClN4O/c1-2-9-18-15-7-6-14(20-21-15)16(22)19-10-8-12-4-3-5-13(17)11-12/h3-7,11H,2,8-10H2,1H3,(H,18,21)(H,19,22). The van der Waals surface area contributed by atoms with Crippen molar-refractivity contribution in [3.63, 3.8) is 0 Å². The van der Waals surface area contributed by atoms with Crippen LogP contribution in [0.2, 0.25) is 5.02 Å². The van der Waals surface area contributed by atoms with Gasteiger partial charge in [-0.05, 0) is 42.7 Å². The number of hydrogen-bond acceptors (Lipinski definition) is 4. The van der Waals surface area contributed by atoms with E-state index in [-0.39, 0.29) is 5.91 Å². The van der Waals surface area contributed by atoms with E-state index in [9.17, 15) is 4.79 Å². The van der Waals surface area contributed by atoms with Gasteiger partial charge >= 0.3 is 0 Å². The Kier molecular flexibility index (Phi) is 6.15. The molecule has 1 heterocycles. The van der Waals surface area contributed by atoms with Gasteiger partial charge in [-0.2, -0.15) is 0 Å². The highest BCUT2D eigenvalue weighted by Crippen LogP contribution is 2.10. The highest BCUT2D eigenvalue weighted by Gasteiger charge is 2.07. The molecule has 1 amide bonds.